The minimum atomic E-state index is -1.34. The van der Waals surface area contributed by atoms with Crippen molar-refractivity contribution in [3.05, 3.63) is 47.4 Å². The molecule has 0 aliphatic carbocycles. The van der Waals surface area contributed by atoms with Gasteiger partial charge in [0, 0.05) is 0 Å². The molecule has 1 aliphatic heterocycles. The third-order valence-corrected chi connectivity index (χ3v) is 4.43. The lowest BCUT2D eigenvalue weighted by atomic mass is 10.2. The van der Waals surface area contributed by atoms with E-state index in [4.69, 9.17) is 17.0 Å². The number of amides is 1. The summed E-state index contributed by atoms with van der Waals surface area (Å²) < 4.78 is 5.59. The van der Waals surface area contributed by atoms with Crippen LogP contribution in [0.1, 0.15) is 12.5 Å². The molecule has 7 heteroatoms. The fraction of sp³-hybridized carbons (Fsp3) is 0.188. The molecule has 1 aliphatic rings. The maximum atomic E-state index is 12.3. The fourth-order valence-electron chi connectivity index (χ4n) is 1.89. The van der Waals surface area contributed by atoms with Crippen LogP contribution in [-0.4, -0.2) is 33.7 Å². The Morgan fingerprint density at radius 1 is 1.48 bits per heavy atom. The fourth-order valence-corrected chi connectivity index (χ4v) is 3.30. The number of nitrogens with zero attached hydrogens (tertiary/aromatic N) is 1. The topological polar surface area (TPSA) is 69.7 Å². The number of rotatable bonds is 6. The van der Waals surface area contributed by atoms with Gasteiger partial charge in [0.2, 0.25) is 0 Å². The van der Waals surface area contributed by atoms with E-state index in [9.17, 15) is 14.7 Å². The Kier molecular flexibility index (Phi) is 5.57. The number of carboxylic acids is 1. The molecule has 1 amide bonds. The van der Waals surface area contributed by atoms with Crippen molar-refractivity contribution in [3.8, 4) is 5.75 Å². The molecule has 5 nitrogen and oxygen atoms in total. The average molecular weight is 348 g/mol. The van der Waals surface area contributed by atoms with Crippen molar-refractivity contribution in [2.24, 2.45) is 0 Å². The average Bonchev–Trinajstić information content (AvgIpc) is 2.80. The van der Waals surface area contributed by atoms with Crippen LogP contribution in [0.2, 0.25) is 0 Å². The number of hydrogen-bond acceptors (Lipinski definition) is 6. The molecule has 1 aromatic carbocycles. The van der Waals surface area contributed by atoms with E-state index in [0.717, 1.165) is 22.2 Å². The number of carboxylic acid groups (broad SMARTS) is 1. The molecule has 0 saturated carbocycles. The molecule has 0 spiro atoms. The second kappa shape index (κ2) is 7.43. The molecule has 0 N–H and O–H groups in total. The van der Waals surface area contributed by atoms with Gasteiger partial charge in [-0.15, -0.1) is 0 Å². The van der Waals surface area contributed by atoms with Gasteiger partial charge in [0.1, 0.15) is 16.7 Å². The summed E-state index contributed by atoms with van der Waals surface area (Å²) in [4.78, 5) is 24.7. The molecule has 120 valence electrons. The van der Waals surface area contributed by atoms with Crippen LogP contribution in [0, 0.1) is 0 Å². The summed E-state index contributed by atoms with van der Waals surface area (Å²) in [6.45, 7) is 5.36. The number of thiocarbonyl (C=S) groups is 1. The van der Waals surface area contributed by atoms with Gasteiger partial charge < -0.3 is 14.6 Å². The Morgan fingerprint density at radius 3 is 2.70 bits per heavy atom. The number of ether oxygens (including phenoxy) is 1. The van der Waals surface area contributed by atoms with Gasteiger partial charge >= 0.3 is 0 Å². The molecular formula is C16H14NO4S2-. The van der Waals surface area contributed by atoms with Crippen molar-refractivity contribution in [2.75, 3.05) is 6.61 Å². The SMILES string of the molecule is C=CCOc1ccc(/C=C2\SC(=S)N([C@@H](C)C(=O)[O-])C2=O)cc1. The minimum absolute atomic E-state index is 0.212. The molecule has 1 fully saturated rings. The standard InChI is InChI=1S/C16H15NO4S2/c1-3-8-21-12-6-4-11(5-7-12)9-13-14(18)17(16(22)23-13)10(2)15(19)20/h3-7,9-10H,1,8H2,2H3,(H,19,20)/p-1/b13-9-/t10-/m0/s1. The van der Waals surface area contributed by atoms with E-state index in [1.807, 2.05) is 0 Å². The molecule has 0 unspecified atom stereocenters. The predicted octanol–water partition coefficient (Wildman–Crippen LogP) is 1.59. The summed E-state index contributed by atoms with van der Waals surface area (Å²) in [5.74, 6) is -1.07. The number of carbonyl (C=O) groups is 2. The lowest BCUT2D eigenvalue weighted by Crippen LogP contribution is -2.48. The van der Waals surface area contributed by atoms with E-state index in [2.05, 4.69) is 6.58 Å². The lowest BCUT2D eigenvalue weighted by Gasteiger charge is -2.23. The summed E-state index contributed by atoms with van der Waals surface area (Å²) >= 11 is 6.16. The van der Waals surface area contributed by atoms with E-state index in [1.54, 1.807) is 36.4 Å². The number of hydrogen-bond donors (Lipinski definition) is 0. The highest BCUT2D eigenvalue weighted by molar-refractivity contribution is 8.26. The van der Waals surface area contributed by atoms with Gasteiger partial charge in [-0.2, -0.15) is 0 Å². The van der Waals surface area contributed by atoms with Crippen molar-refractivity contribution in [2.45, 2.75) is 13.0 Å². The third kappa shape index (κ3) is 4.00. The van der Waals surface area contributed by atoms with E-state index in [0.29, 0.717) is 17.3 Å². The zero-order valence-corrected chi connectivity index (χ0v) is 14.0. The van der Waals surface area contributed by atoms with Crippen LogP contribution >= 0.6 is 24.0 Å². The van der Waals surface area contributed by atoms with Crippen molar-refractivity contribution < 1.29 is 19.4 Å². The first-order valence-electron chi connectivity index (χ1n) is 6.75. The van der Waals surface area contributed by atoms with Gasteiger partial charge in [0.05, 0.1) is 16.9 Å². The smallest absolute Gasteiger partial charge is 0.266 e. The van der Waals surface area contributed by atoms with Crippen LogP contribution in [0.15, 0.2) is 41.8 Å². The van der Waals surface area contributed by atoms with Gasteiger partial charge in [-0.1, -0.05) is 48.8 Å². The number of benzene rings is 1. The highest BCUT2D eigenvalue weighted by Crippen LogP contribution is 2.34. The highest BCUT2D eigenvalue weighted by atomic mass is 32.2. The predicted molar refractivity (Wildman–Crippen MR) is 91.6 cm³/mol. The van der Waals surface area contributed by atoms with Crippen molar-refractivity contribution >= 4 is 46.3 Å². The maximum absolute atomic E-state index is 12.3. The summed E-state index contributed by atoms with van der Waals surface area (Å²) in [6, 6.07) is 6.06. The summed E-state index contributed by atoms with van der Waals surface area (Å²) in [6.07, 6.45) is 3.32. The Morgan fingerprint density at radius 2 is 2.13 bits per heavy atom. The van der Waals surface area contributed by atoms with Crippen LogP contribution in [-0.2, 0) is 9.59 Å². The molecule has 0 aromatic heterocycles. The largest absolute Gasteiger partial charge is 0.548 e. The molecule has 0 bridgehead atoms. The van der Waals surface area contributed by atoms with E-state index >= 15 is 0 Å². The van der Waals surface area contributed by atoms with Crippen molar-refractivity contribution in [3.63, 3.8) is 0 Å². The molecule has 1 saturated heterocycles. The van der Waals surface area contributed by atoms with Crippen molar-refractivity contribution in [1.82, 2.24) is 4.90 Å². The molecule has 1 aromatic rings. The van der Waals surface area contributed by atoms with Crippen LogP contribution in [0.3, 0.4) is 0 Å². The first-order valence-corrected chi connectivity index (χ1v) is 7.98. The van der Waals surface area contributed by atoms with E-state index in [-0.39, 0.29) is 4.32 Å². The zero-order valence-electron chi connectivity index (χ0n) is 12.4. The van der Waals surface area contributed by atoms with Crippen LogP contribution in [0.25, 0.3) is 6.08 Å². The van der Waals surface area contributed by atoms with Gasteiger partial charge in [-0.05, 0) is 30.7 Å². The monoisotopic (exact) mass is 348 g/mol. The van der Waals surface area contributed by atoms with Crippen LogP contribution < -0.4 is 9.84 Å². The minimum Gasteiger partial charge on any atom is -0.548 e. The summed E-state index contributed by atoms with van der Waals surface area (Å²) in [7, 11) is 0. The first kappa shape index (κ1) is 17.2. The molecule has 0 radical (unpaired) electrons. The zero-order chi connectivity index (χ0) is 17.0. The summed E-state index contributed by atoms with van der Waals surface area (Å²) in [5.41, 5.74) is 0.789. The Bertz CT molecular complexity index is 682. The van der Waals surface area contributed by atoms with Gasteiger partial charge in [0.15, 0.2) is 0 Å². The number of aliphatic carboxylic acids is 1. The lowest BCUT2D eigenvalue weighted by molar-refractivity contribution is -0.309. The van der Waals surface area contributed by atoms with Crippen molar-refractivity contribution in [1.29, 1.82) is 0 Å². The molecule has 1 heterocycles. The Balaban J connectivity index is 2.17. The van der Waals surface area contributed by atoms with Gasteiger partial charge in [0.25, 0.3) is 5.91 Å². The van der Waals surface area contributed by atoms with Crippen LogP contribution in [0.5, 0.6) is 5.75 Å². The molecule has 1 atom stereocenters. The van der Waals surface area contributed by atoms with E-state index < -0.39 is 17.9 Å². The Labute approximate surface area is 143 Å². The number of carbonyl (C=O) groups excluding carboxylic acids is 2. The molecule has 2 rings (SSSR count). The normalized spacial score (nSPS) is 17.4. The number of thioether (sulfide) groups is 1. The van der Waals surface area contributed by atoms with Crippen LogP contribution in [0.4, 0.5) is 0 Å². The quantitative estimate of drug-likeness (QED) is 0.442. The second-order valence-corrected chi connectivity index (χ2v) is 6.39. The maximum Gasteiger partial charge on any atom is 0.266 e. The first-order chi connectivity index (χ1) is 10.9. The second-order valence-electron chi connectivity index (χ2n) is 4.72. The van der Waals surface area contributed by atoms with Gasteiger partial charge in [-0.25, -0.2) is 0 Å². The molecule has 23 heavy (non-hydrogen) atoms. The Hall–Kier alpha value is -2.12. The highest BCUT2D eigenvalue weighted by Gasteiger charge is 2.35. The van der Waals surface area contributed by atoms with E-state index in [1.165, 1.54) is 6.92 Å². The summed E-state index contributed by atoms with van der Waals surface area (Å²) in [5, 5.41) is 11.0. The van der Waals surface area contributed by atoms with Gasteiger partial charge in [-0.3, -0.25) is 9.69 Å². The molecular weight excluding hydrogens is 334 g/mol. The third-order valence-electron chi connectivity index (χ3n) is 3.10.